The average Bonchev–Trinajstić information content (AvgIpc) is 2.26. The van der Waals surface area contributed by atoms with Crippen LogP contribution in [0.5, 0.6) is 0 Å². The predicted octanol–water partition coefficient (Wildman–Crippen LogP) is 5.01. The summed E-state index contributed by atoms with van der Waals surface area (Å²) in [7, 11) is 0. The summed E-state index contributed by atoms with van der Waals surface area (Å²) in [4.78, 5) is 0. The number of hydrogen-bond donors (Lipinski definition) is 1. The molecule has 0 spiro atoms. The average molecular weight is 253 g/mol. The third kappa shape index (κ3) is 6.78. The molecule has 0 radical (unpaired) electrons. The molecule has 18 heavy (non-hydrogen) atoms. The molecular weight excluding hydrogens is 218 g/mol. The lowest BCUT2D eigenvalue weighted by atomic mass is 9.81. The molecule has 1 N–H and O–H groups in total. The molecule has 0 aromatic carbocycles. The summed E-state index contributed by atoms with van der Waals surface area (Å²) in [6, 6.07) is 1.50. The van der Waals surface area contributed by atoms with Gasteiger partial charge in [0.1, 0.15) is 0 Å². The fourth-order valence-corrected chi connectivity index (χ4v) is 3.39. The zero-order valence-electron chi connectivity index (χ0n) is 13.3. The molecule has 3 unspecified atom stereocenters. The Morgan fingerprint density at radius 3 is 2.28 bits per heavy atom. The third-order valence-corrected chi connectivity index (χ3v) is 4.28. The Balaban J connectivity index is 2.24. The monoisotopic (exact) mass is 253 g/mol. The van der Waals surface area contributed by atoms with Crippen LogP contribution in [-0.2, 0) is 0 Å². The molecular formula is C17H35N. The van der Waals surface area contributed by atoms with Crippen LogP contribution in [-0.4, -0.2) is 12.1 Å². The molecule has 108 valence electrons. The van der Waals surface area contributed by atoms with E-state index in [9.17, 15) is 0 Å². The second-order valence-electron chi connectivity index (χ2n) is 7.40. The van der Waals surface area contributed by atoms with Crippen molar-refractivity contribution in [3.8, 4) is 0 Å². The summed E-state index contributed by atoms with van der Waals surface area (Å²) in [5.74, 6) is 2.69. The van der Waals surface area contributed by atoms with Gasteiger partial charge < -0.3 is 5.32 Å². The van der Waals surface area contributed by atoms with Crippen molar-refractivity contribution in [3.05, 3.63) is 0 Å². The number of nitrogens with one attached hydrogen (secondary N) is 1. The lowest BCUT2D eigenvalue weighted by Gasteiger charge is -2.33. The van der Waals surface area contributed by atoms with Crippen molar-refractivity contribution in [3.63, 3.8) is 0 Å². The molecule has 1 nitrogen and oxygen atoms in total. The number of hydrogen-bond acceptors (Lipinski definition) is 1. The maximum Gasteiger partial charge on any atom is 0.00721 e. The first-order chi connectivity index (χ1) is 8.47. The SMILES string of the molecule is CC(C)CCC(C)NC1CCCC(CC(C)C)C1. The maximum atomic E-state index is 3.88. The molecule has 1 aliphatic carbocycles. The summed E-state index contributed by atoms with van der Waals surface area (Å²) in [6.07, 6.45) is 9.85. The Morgan fingerprint density at radius 2 is 1.67 bits per heavy atom. The minimum atomic E-state index is 0.704. The van der Waals surface area contributed by atoms with E-state index in [-0.39, 0.29) is 0 Å². The lowest BCUT2D eigenvalue weighted by molar-refractivity contribution is 0.238. The van der Waals surface area contributed by atoms with Crippen molar-refractivity contribution in [2.45, 2.75) is 91.6 Å². The Morgan fingerprint density at radius 1 is 0.944 bits per heavy atom. The molecule has 1 fully saturated rings. The Hall–Kier alpha value is -0.0400. The Kier molecular flexibility index (Phi) is 7.29. The topological polar surface area (TPSA) is 12.0 Å². The van der Waals surface area contributed by atoms with Crippen molar-refractivity contribution < 1.29 is 0 Å². The van der Waals surface area contributed by atoms with Gasteiger partial charge in [0.15, 0.2) is 0 Å². The zero-order chi connectivity index (χ0) is 13.5. The molecule has 0 amide bonds. The fraction of sp³-hybridized carbons (Fsp3) is 1.00. The van der Waals surface area contributed by atoms with Crippen LogP contribution < -0.4 is 5.32 Å². The summed E-state index contributed by atoms with van der Waals surface area (Å²) in [6.45, 7) is 11.7. The van der Waals surface area contributed by atoms with Gasteiger partial charge in [-0.2, -0.15) is 0 Å². The van der Waals surface area contributed by atoms with Crippen LogP contribution in [0.2, 0.25) is 0 Å². The van der Waals surface area contributed by atoms with E-state index in [1.807, 2.05) is 0 Å². The molecule has 1 saturated carbocycles. The molecule has 0 heterocycles. The highest BCUT2D eigenvalue weighted by Crippen LogP contribution is 2.29. The largest absolute Gasteiger partial charge is 0.311 e. The van der Waals surface area contributed by atoms with E-state index >= 15 is 0 Å². The van der Waals surface area contributed by atoms with Gasteiger partial charge in [0.2, 0.25) is 0 Å². The molecule has 1 aliphatic rings. The van der Waals surface area contributed by atoms with Gasteiger partial charge in [0.05, 0.1) is 0 Å². The standard InChI is InChI=1S/C17H35N/c1-13(2)9-10-15(5)18-17-8-6-7-16(12-17)11-14(3)4/h13-18H,6-12H2,1-5H3. The second kappa shape index (κ2) is 8.19. The molecule has 0 bridgehead atoms. The molecule has 0 aliphatic heterocycles. The van der Waals surface area contributed by atoms with E-state index in [1.54, 1.807) is 0 Å². The molecule has 0 aromatic heterocycles. The van der Waals surface area contributed by atoms with Crippen molar-refractivity contribution >= 4 is 0 Å². The van der Waals surface area contributed by atoms with Gasteiger partial charge in [-0.05, 0) is 56.8 Å². The molecule has 0 saturated heterocycles. The normalized spacial score (nSPS) is 26.8. The van der Waals surface area contributed by atoms with Crippen LogP contribution in [0.25, 0.3) is 0 Å². The molecule has 1 heteroatoms. The van der Waals surface area contributed by atoms with Crippen molar-refractivity contribution in [2.75, 3.05) is 0 Å². The Labute approximate surface area is 115 Å². The fourth-order valence-electron chi connectivity index (χ4n) is 3.39. The van der Waals surface area contributed by atoms with E-state index in [4.69, 9.17) is 0 Å². The van der Waals surface area contributed by atoms with Crippen LogP contribution >= 0.6 is 0 Å². The first-order valence-electron chi connectivity index (χ1n) is 8.23. The van der Waals surface area contributed by atoms with Crippen molar-refractivity contribution in [1.29, 1.82) is 0 Å². The second-order valence-corrected chi connectivity index (χ2v) is 7.40. The Bertz CT molecular complexity index is 210. The minimum absolute atomic E-state index is 0.704. The van der Waals surface area contributed by atoms with Gasteiger partial charge in [-0.25, -0.2) is 0 Å². The summed E-state index contributed by atoms with van der Waals surface area (Å²) in [5, 5.41) is 3.88. The summed E-state index contributed by atoms with van der Waals surface area (Å²) in [5.41, 5.74) is 0. The van der Waals surface area contributed by atoms with Gasteiger partial charge in [-0.1, -0.05) is 40.5 Å². The summed E-state index contributed by atoms with van der Waals surface area (Å²) >= 11 is 0. The highest BCUT2D eigenvalue weighted by atomic mass is 14.9. The third-order valence-electron chi connectivity index (χ3n) is 4.28. The minimum Gasteiger partial charge on any atom is -0.311 e. The van der Waals surface area contributed by atoms with E-state index in [2.05, 4.69) is 39.9 Å². The smallest absolute Gasteiger partial charge is 0.00721 e. The zero-order valence-corrected chi connectivity index (χ0v) is 13.3. The van der Waals surface area contributed by atoms with Crippen LogP contribution in [0.3, 0.4) is 0 Å². The van der Waals surface area contributed by atoms with E-state index < -0.39 is 0 Å². The van der Waals surface area contributed by atoms with E-state index in [0.29, 0.717) is 6.04 Å². The maximum absolute atomic E-state index is 3.88. The van der Waals surface area contributed by atoms with Gasteiger partial charge in [0, 0.05) is 12.1 Å². The van der Waals surface area contributed by atoms with Crippen molar-refractivity contribution in [2.24, 2.45) is 17.8 Å². The van der Waals surface area contributed by atoms with Crippen LogP contribution in [0.1, 0.15) is 79.6 Å². The first-order valence-corrected chi connectivity index (χ1v) is 8.23. The summed E-state index contributed by atoms with van der Waals surface area (Å²) < 4.78 is 0. The van der Waals surface area contributed by atoms with Crippen LogP contribution in [0.15, 0.2) is 0 Å². The van der Waals surface area contributed by atoms with E-state index in [1.165, 1.54) is 44.9 Å². The van der Waals surface area contributed by atoms with Gasteiger partial charge in [0.25, 0.3) is 0 Å². The quantitative estimate of drug-likeness (QED) is 0.673. The molecule has 3 atom stereocenters. The van der Waals surface area contributed by atoms with Gasteiger partial charge in [-0.3, -0.25) is 0 Å². The molecule has 1 rings (SSSR count). The van der Waals surface area contributed by atoms with Crippen LogP contribution in [0.4, 0.5) is 0 Å². The van der Waals surface area contributed by atoms with Gasteiger partial charge >= 0.3 is 0 Å². The van der Waals surface area contributed by atoms with Crippen molar-refractivity contribution in [1.82, 2.24) is 5.32 Å². The lowest BCUT2D eigenvalue weighted by Crippen LogP contribution is -2.40. The predicted molar refractivity (Wildman–Crippen MR) is 81.9 cm³/mol. The van der Waals surface area contributed by atoms with Gasteiger partial charge in [-0.15, -0.1) is 0 Å². The first kappa shape index (κ1) is 16.0. The highest BCUT2D eigenvalue weighted by molar-refractivity contribution is 4.80. The van der Waals surface area contributed by atoms with E-state index in [0.717, 1.165) is 23.8 Å². The van der Waals surface area contributed by atoms with Crippen LogP contribution in [0, 0.1) is 17.8 Å². The molecule has 0 aromatic rings. The number of rotatable bonds is 7. The highest BCUT2D eigenvalue weighted by Gasteiger charge is 2.23.